The Hall–Kier alpha value is -1.76. The number of rotatable bonds is 5. The van der Waals surface area contributed by atoms with Crippen LogP contribution < -0.4 is 11.1 Å². The van der Waals surface area contributed by atoms with Crippen molar-refractivity contribution in [2.75, 3.05) is 31.2 Å². The van der Waals surface area contributed by atoms with Gasteiger partial charge in [-0.1, -0.05) is 6.07 Å². The molecule has 20 heavy (non-hydrogen) atoms. The van der Waals surface area contributed by atoms with Crippen LogP contribution >= 0.6 is 0 Å². The van der Waals surface area contributed by atoms with Crippen molar-refractivity contribution in [2.24, 2.45) is 0 Å². The highest BCUT2D eigenvalue weighted by molar-refractivity contribution is 5.92. The van der Waals surface area contributed by atoms with Crippen molar-refractivity contribution in [1.82, 2.24) is 4.90 Å². The molecule has 0 aliphatic rings. The van der Waals surface area contributed by atoms with Crippen LogP contribution in [-0.2, 0) is 4.79 Å². The lowest BCUT2D eigenvalue weighted by molar-refractivity contribution is -0.144. The molecule has 1 aromatic carbocycles. The van der Waals surface area contributed by atoms with Crippen LogP contribution in [0.25, 0.3) is 0 Å². The Balaban J connectivity index is 2.46. The second kappa shape index (κ2) is 6.60. The second-order valence-corrected chi connectivity index (χ2v) is 4.73. The van der Waals surface area contributed by atoms with Crippen molar-refractivity contribution in [3.63, 3.8) is 0 Å². The van der Waals surface area contributed by atoms with Gasteiger partial charge in [-0.3, -0.25) is 9.69 Å². The molecule has 1 rings (SSSR count). The van der Waals surface area contributed by atoms with Crippen LogP contribution in [0.4, 0.5) is 24.5 Å². The molecule has 0 aliphatic heterocycles. The molecule has 7 heteroatoms. The van der Waals surface area contributed by atoms with Crippen LogP contribution in [0.15, 0.2) is 18.2 Å². The second-order valence-electron chi connectivity index (χ2n) is 4.73. The van der Waals surface area contributed by atoms with Crippen LogP contribution in [0.5, 0.6) is 0 Å². The number of carbonyl (C=O) groups excluding carboxylic acids is 1. The van der Waals surface area contributed by atoms with Gasteiger partial charge in [0.05, 0.1) is 6.54 Å². The number of alkyl halides is 3. The maximum absolute atomic E-state index is 12.1. The summed E-state index contributed by atoms with van der Waals surface area (Å²) in [5.74, 6) is -0.340. The van der Waals surface area contributed by atoms with Crippen molar-refractivity contribution in [3.8, 4) is 0 Å². The molecule has 0 aliphatic carbocycles. The number of benzene rings is 1. The minimum atomic E-state index is -4.25. The van der Waals surface area contributed by atoms with E-state index in [-0.39, 0.29) is 18.9 Å². The maximum Gasteiger partial charge on any atom is 0.401 e. The molecular formula is C13H18F3N3O. The standard InChI is InChI=1S/C13H18F3N3O/c1-9-3-4-10(17)7-11(9)18-12(20)5-6-19(2)8-13(14,15)16/h3-4,7H,5-6,8,17H2,1-2H3,(H,18,20). The van der Waals surface area contributed by atoms with Gasteiger partial charge in [-0.15, -0.1) is 0 Å². The first-order valence-electron chi connectivity index (χ1n) is 6.08. The van der Waals surface area contributed by atoms with Gasteiger partial charge in [0.1, 0.15) is 0 Å². The third-order valence-electron chi connectivity index (χ3n) is 2.71. The number of hydrogen-bond acceptors (Lipinski definition) is 3. The van der Waals surface area contributed by atoms with E-state index in [9.17, 15) is 18.0 Å². The summed E-state index contributed by atoms with van der Waals surface area (Å²) in [6.45, 7) is 0.815. The van der Waals surface area contributed by atoms with Gasteiger partial charge in [-0.25, -0.2) is 0 Å². The summed E-state index contributed by atoms with van der Waals surface area (Å²) in [5.41, 5.74) is 7.55. The molecule has 1 aromatic rings. The van der Waals surface area contributed by atoms with E-state index in [1.54, 1.807) is 18.2 Å². The Bertz CT molecular complexity index is 474. The molecule has 4 nitrogen and oxygen atoms in total. The fourth-order valence-electron chi connectivity index (χ4n) is 1.66. The lowest BCUT2D eigenvalue weighted by Crippen LogP contribution is -2.33. The third kappa shape index (κ3) is 5.92. The van der Waals surface area contributed by atoms with E-state index in [2.05, 4.69) is 5.32 Å². The summed E-state index contributed by atoms with van der Waals surface area (Å²) < 4.78 is 36.4. The normalized spacial score (nSPS) is 11.7. The summed E-state index contributed by atoms with van der Waals surface area (Å²) in [5, 5.41) is 2.64. The predicted octanol–water partition coefficient (Wildman–Crippen LogP) is 2.40. The van der Waals surface area contributed by atoms with Crippen molar-refractivity contribution in [3.05, 3.63) is 23.8 Å². The fourth-order valence-corrected chi connectivity index (χ4v) is 1.66. The molecule has 1 amide bonds. The van der Waals surface area contributed by atoms with Gasteiger partial charge >= 0.3 is 6.18 Å². The van der Waals surface area contributed by atoms with E-state index in [1.807, 2.05) is 6.92 Å². The summed E-state index contributed by atoms with van der Waals surface area (Å²) in [7, 11) is 1.33. The molecule has 0 fully saturated rings. The van der Waals surface area contributed by atoms with Gasteiger partial charge in [-0.2, -0.15) is 13.2 Å². The van der Waals surface area contributed by atoms with Gasteiger partial charge < -0.3 is 11.1 Å². The molecule has 0 unspecified atom stereocenters. The first-order valence-corrected chi connectivity index (χ1v) is 6.08. The number of anilines is 2. The monoisotopic (exact) mass is 289 g/mol. The number of halogens is 3. The number of amides is 1. The highest BCUT2D eigenvalue weighted by atomic mass is 19.4. The number of nitrogen functional groups attached to an aromatic ring is 1. The van der Waals surface area contributed by atoms with E-state index < -0.39 is 12.7 Å². The van der Waals surface area contributed by atoms with Gasteiger partial charge in [-0.05, 0) is 31.7 Å². The van der Waals surface area contributed by atoms with Crippen LogP contribution in [0.1, 0.15) is 12.0 Å². The average Bonchev–Trinajstić information content (AvgIpc) is 2.29. The zero-order valence-corrected chi connectivity index (χ0v) is 11.4. The minimum Gasteiger partial charge on any atom is -0.399 e. The summed E-state index contributed by atoms with van der Waals surface area (Å²) in [6.07, 6.45) is -4.27. The van der Waals surface area contributed by atoms with Crippen molar-refractivity contribution in [2.45, 2.75) is 19.5 Å². The largest absolute Gasteiger partial charge is 0.401 e. The summed E-state index contributed by atoms with van der Waals surface area (Å²) in [6, 6.07) is 5.09. The predicted molar refractivity (Wildman–Crippen MR) is 72.4 cm³/mol. The molecule has 0 saturated heterocycles. The topological polar surface area (TPSA) is 58.4 Å². The van der Waals surface area contributed by atoms with Crippen molar-refractivity contribution in [1.29, 1.82) is 0 Å². The van der Waals surface area contributed by atoms with E-state index in [0.717, 1.165) is 10.5 Å². The number of aryl methyl sites for hydroxylation is 1. The zero-order valence-electron chi connectivity index (χ0n) is 11.4. The van der Waals surface area contributed by atoms with Crippen LogP contribution in [0, 0.1) is 6.92 Å². The van der Waals surface area contributed by atoms with Crippen LogP contribution in [-0.4, -0.2) is 37.1 Å². The highest BCUT2D eigenvalue weighted by Crippen LogP contribution is 2.18. The molecule has 0 radical (unpaired) electrons. The smallest absolute Gasteiger partial charge is 0.399 e. The number of nitrogens with zero attached hydrogens (tertiary/aromatic N) is 1. The van der Waals surface area contributed by atoms with Crippen molar-refractivity contribution < 1.29 is 18.0 Å². The first-order chi connectivity index (χ1) is 9.17. The third-order valence-corrected chi connectivity index (χ3v) is 2.71. The number of nitrogens with two attached hydrogens (primary N) is 1. The molecule has 0 heterocycles. The Labute approximate surface area is 115 Å². The van der Waals surface area contributed by atoms with Crippen LogP contribution in [0.3, 0.4) is 0 Å². The van der Waals surface area contributed by atoms with Crippen LogP contribution in [0.2, 0.25) is 0 Å². The summed E-state index contributed by atoms with van der Waals surface area (Å²) >= 11 is 0. The molecule has 0 spiro atoms. The van der Waals surface area contributed by atoms with Gasteiger partial charge in [0.25, 0.3) is 0 Å². The van der Waals surface area contributed by atoms with E-state index in [4.69, 9.17) is 5.73 Å². The Morgan fingerprint density at radius 2 is 2.05 bits per heavy atom. The lowest BCUT2D eigenvalue weighted by atomic mass is 10.2. The number of carbonyl (C=O) groups is 1. The molecule has 112 valence electrons. The molecule has 0 bridgehead atoms. The average molecular weight is 289 g/mol. The van der Waals surface area contributed by atoms with Gasteiger partial charge in [0.15, 0.2) is 0 Å². The van der Waals surface area contributed by atoms with E-state index >= 15 is 0 Å². The molecule has 0 saturated carbocycles. The Morgan fingerprint density at radius 1 is 1.40 bits per heavy atom. The molecule has 3 N–H and O–H groups in total. The quantitative estimate of drug-likeness (QED) is 0.818. The SMILES string of the molecule is Cc1ccc(N)cc1NC(=O)CCN(C)CC(F)(F)F. The highest BCUT2D eigenvalue weighted by Gasteiger charge is 2.29. The molecule has 0 atom stereocenters. The van der Waals surface area contributed by atoms with Crippen molar-refractivity contribution >= 4 is 17.3 Å². The zero-order chi connectivity index (χ0) is 15.3. The van der Waals surface area contributed by atoms with Gasteiger partial charge in [0.2, 0.25) is 5.91 Å². The summed E-state index contributed by atoms with van der Waals surface area (Å²) in [4.78, 5) is 12.7. The van der Waals surface area contributed by atoms with E-state index in [0.29, 0.717) is 11.4 Å². The first kappa shape index (κ1) is 16.3. The minimum absolute atomic E-state index is 0.0131. The Kier molecular flexibility index (Phi) is 5.38. The molecule has 0 aromatic heterocycles. The van der Waals surface area contributed by atoms with E-state index in [1.165, 1.54) is 7.05 Å². The fraction of sp³-hybridized carbons (Fsp3) is 0.462. The molecular weight excluding hydrogens is 271 g/mol. The number of nitrogens with one attached hydrogen (secondary N) is 1. The number of hydrogen-bond donors (Lipinski definition) is 2. The maximum atomic E-state index is 12.1. The van der Waals surface area contributed by atoms with Gasteiger partial charge in [0, 0.05) is 24.3 Å². The Morgan fingerprint density at radius 3 is 2.65 bits per heavy atom. The lowest BCUT2D eigenvalue weighted by Gasteiger charge is -2.18.